The topological polar surface area (TPSA) is 38.5 Å². The van der Waals surface area contributed by atoms with Crippen molar-refractivity contribution in [3.8, 4) is 5.75 Å². The van der Waals surface area contributed by atoms with Crippen LogP contribution >= 0.6 is 11.6 Å². The Morgan fingerprint density at radius 3 is 2.62 bits per heavy atom. The number of halogens is 1. The van der Waals surface area contributed by atoms with Crippen LogP contribution in [0, 0.1) is 6.92 Å². The maximum atomic E-state index is 6.05. The molecule has 1 unspecified atom stereocenters. The van der Waals surface area contributed by atoms with Crippen molar-refractivity contribution in [3.05, 3.63) is 22.7 Å². The van der Waals surface area contributed by atoms with Gasteiger partial charge in [0.25, 0.3) is 0 Å². The minimum atomic E-state index is 0.106. The van der Waals surface area contributed by atoms with Gasteiger partial charge in [0.2, 0.25) is 0 Å². The van der Waals surface area contributed by atoms with Crippen LogP contribution in [-0.2, 0) is 0 Å². The van der Waals surface area contributed by atoms with Crippen LogP contribution in [0.15, 0.2) is 12.1 Å². The maximum Gasteiger partial charge on any atom is 0.145 e. The van der Waals surface area contributed by atoms with E-state index in [1.54, 1.807) is 7.11 Å². The Hall–Kier alpha value is -0.930. The number of methoxy groups -OCH3 is 1. The Morgan fingerprint density at radius 2 is 2.12 bits per heavy atom. The first-order valence-corrected chi connectivity index (χ1v) is 5.64. The molecule has 0 amide bonds. The van der Waals surface area contributed by atoms with Crippen molar-refractivity contribution in [2.75, 3.05) is 25.6 Å². The number of benzene rings is 1. The Kier molecular flexibility index (Phi) is 4.44. The van der Waals surface area contributed by atoms with Crippen molar-refractivity contribution in [2.24, 2.45) is 5.73 Å². The predicted molar refractivity (Wildman–Crippen MR) is 69.7 cm³/mol. The molecule has 1 aromatic rings. The van der Waals surface area contributed by atoms with Crippen molar-refractivity contribution in [1.82, 2.24) is 0 Å². The Morgan fingerprint density at radius 1 is 1.50 bits per heavy atom. The molecule has 0 aromatic heterocycles. The average Bonchev–Trinajstić information content (AvgIpc) is 2.15. The molecule has 90 valence electrons. The SMILES string of the molecule is COc1c(C)cc(Cl)cc1N(C)CC(C)N. The van der Waals surface area contributed by atoms with Crippen molar-refractivity contribution in [1.29, 1.82) is 0 Å². The van der Waals surface area contributed by atoms with E-state index in [9.17, 15) is 0 Å². The van der Waals surface area contributed by atoms with Crippen LogP contribution in [0.5, 0.6) is 5.75 Å². The second-order valence-electron chi connectivity index (χ2n) is 4.13. The first-order chi connectivity index (χ1) is 7.45. The molecule has 0 spiro atoms. The van der Waals surface area contributed by atoms with Crippen LogP contribution in [0.2, 0.25) is 5.02 Å². The summed E-state index contributed by atoms with van der Waals surface area (Å²) in [4.78, 5) is 2.06. The van der Waals surface area contributed by atoms with Crippen molar-refractivity contribution in [2.45, 2.75) is 19.9 Å². The predicted octanol–water partition coefficient (Wildman–Crippen LogP) is 2.44. The number of hydrogen-bond acceptors (Lipinski definition) is 3. The van der Waals surface area contributed by atoms with Crippen LogP contribution in [0.4, 0.5) is 5.69 Å². The molecule has 0 aliphatic rings. The molecule has 1 aromatic carbocycles. The zero-order chi connectivity index (χ0) is 12.3. The zero-order valence-corrected chi connectivity index (χ0v) is 11.0. The van der Waals surface area contributed by atoms with Gasteiger partial charge in [0.05, 0.1) is 12.8 Å². The molecule has 3 nitrogen and oxygen atoms in total. The number of aryl methyl sites for hydroxylation is 1. The van der Waals surface area contributed by atoms with E-state index in [2.05, 4.69) is 4.90 Å². The highest BCUT2D eigenvalue weighted by Gasteiger charge is 2.13. The molecule has 0 radical (unpaired) electrons. The molecule has 1 rings (SSSR count). The summed E-state index contributed by atoms with van der Waals surface area (Å²) in [5.74, 6) is 0.854. The summed E-state index contributed by atoms with van der Waals surface area (Å²) in [6.07, 6.45) is 0. The normalized spacial score (nSPS) is 12.4. The number of ether oxygens (including phenoxy) is 1. The molecule has 0 saturated heterocycles. The van der Waals surface area contributed by atoms with Crippen LogP contribution in [0.3, 0.4) is 0 Å². The summed E-state index contributed by atoms with van der Waals surface area (Å²) in [6.45, 7) is 4.71. The number of hydrogen-bond donors (Lipinski definition) is 1. The maximum absolute atomic E-state index is 6.05. The van der Waals surface area contributed by atoms with E-state index < -0.39 is 0 Å². The fourth-order valence-corrected chi connectivity index (χ4v) is 2.06. The molecule has 0 bridgehead atoms. The van der Waals surface area contributed by atoms with Gasteiger partial charge in [-0.25, -0.2) is 0 Å². The lowest BCUT2D eigenvalue weighted by molar-refractivity contribution is 0.411. The van der Waals surface area contributed by atoms with Gasteiger partial charge < -0.3 is 15.4 Å². The second-order valence-corrected chi connectivity index (χ2v) is 4.57. The summed E-state index contributed by atoms with van der Waals surface area (Å²) >= 11 is 6.05. The van der Waals surface area contributed by atoms with E-state index >= 15 is 0 Å². The third kappa shape index (κ3) is 3.03. The first kappa shape index (κ1) is 13.1. The summed E-state index contributed by atoms with van der Waals surface area (Å²) in [5, 5.41) is 0.713. The summed E-state index contributed by atoms with van der Waals surface area (Å²) in [5.41, 5.74) is 7.79. The van der Waals surface area contributed by atoms with Crippen molar-refractivity contribution in [3.63, 3.8) is 0 Å². The average molecular weight is 243 g/mol. The van der Waals surface area contributed by atoms with E-state index in [0.717, 1.165) is 23.5 Å². The van der Waals surface area contributed by atoms with E-state index in [1.165, 1.54) is 0 Å². The highest BCUT2D eigenvalue weighted by molar-refractivity contribution is 6.31. The molecule has 0 aliphatic heterocycles. The van der Waals surface area contributed by atoms with Gasteiger partial charge in [0, 0.05) is 24.7 Å². The van der Waals surface area contributed by atoms with Crippen molar-refractivity contribution < 1.29 is 4.74 Å². The molecular weight excluding hydrogens is 224 g/mol. The van der Waals surface area contributed by atoms with Gasteiger partial charge in [-0.3, -0.25) is 0 Å². The number of nitrogens with zero attached hydrogens (tertiary/aromatic N) is 1. The summed E-state index contributed by atoms with van der Waals surface area (Å²) in [6, 6.07) is 3.90. The van der Waals surface area contributed by atoms with E-state index in [-0.39, 0.29) is 6.04 Å². The zero-order valence-electron chi connectivity index (χ0n) is 10.2. The van der Waals surface area contributed by atoms with Gasteiger partial charge in [0.15, 0.2) is 0 Å². The smallest absolute Gasteiger partial charge is 0.145 e. The summed E-state index contributed by atoms with van der Waals surface area (Å²) < 4.78 is 5.39. The Balaban J connectivity index is 3.10. The fraction of sp³-hybridized carbons (Fsp3) is 0.500. The highest BCUT2D eigenvalue weighted by Crippen LogP contribution is 2.34. The van der Waals surface area contributed by atoms with Crippen LogP contribution in [-0.4, -0.2) is 26.7 Å². The van der Waals surface area contributed by atoms with Crippen molar-refractivity contribution >= 4 is 17.3 Å². The second kappa shape index (κ2) is 5.41. The third-order valence-corrected chi connectivity index (χ3v) is 2.62. The molecule has 0 aliphatic carbocycles. The van der Waals surface area contributed by atoms with Crippen LogP contribution < -0.4 is 15.4 Å². The van der Waals surface area contributed by atoms with E-state index in [0.29, 0.717) is 5.02 Å². The lowest BCUT2D eigenvalue weighted by atomic mass is 10.1. The van der Waals surface area contributed by atoms with Gasteiger partial charge in [-0.05, 0) is 31.5 Å². The van der Waals surface area contributed by atoms with Gasteiger partial charge in [0.1, 0.15) is 5.75 Å². The van der Waals surface area contributed by atoms with Gasteiger partial charge >= 0.3 is 0 Å². The van der Waals surface area contributed by atoms with Gasteiger partial charge in [-0.15, -0.1) is 0 Å². The van der Waals surface area contributed by atoms with E-state index in [4.69, 9.17) is 22.1 Å². The van der Waals surface area contributed by atoms with Gasteiger partial charge in [-0.1, -0.05) is 11.6 Å². The molecule has 1 atom stereocenters. The summed E-state index contributed by atoms with van der Waals surface area (Å²) in [7, 11) is 3.65. The quantitative estimate of drug-likeness (QED) is 0.882. The van der Waals surface area contributed by atoms with E-state index in [1.807, 2.05) is 33.0 Å². The Bertz CT molecular complexity index is 366. The highest BCUT2D eigenvalue weighted by atomic mass is 35.5. The first-order valence-electron chi connectivity index (χ1n) is 5.26. The minimum Gasteiger partial charge on any atom is -0.494 e. The molecule has 0 heterocycles. The number of anilines is 1. The largest absolute Gasteiger partial charge is 0.494 e. The molecule has 4 heteroatoms. The number of nitrogens with two attached hydrogens (primary N) is 1. The van der Waals surface area contributed by atoms with Gasteiger partial charge in [-0.2, -0.15) is 0 Å². The standard InChI is InChI=1S/C12H19ClN2O/c1-8-5-10(13)6-11(12(8)16-4)15(3)7-9(2)14/h5-6,9H,7,14H2,1-4H3. The van der Waals surface area contributed by atoms with Crippen LogP contribution in [0.25, 0.3) is 0 Å². The fourth-order valence-electron chi connectivity index (χ4n) is 1.79. The number of likely N-dealkylation sites (N-methyl/N-ethyl adjacent to an activating group) is 1. The number of rotatable bonds is 4. The molecular formula is C12H19ClN2O. The molecule has 2 N–H and O–H groups in total. The molecule has 0 fully saturated rings. The van der Waals surface area contributed by atoms with Crippen LogP contribution in [0.1, 0.15) is 12.5 Å². The monoisotopic (exact) mass is 242 g/mol. The third-order valence-electron chi connectivity index (χ3n) is 2.40. The molecule has 0 saturated carbocycles. The Labute approximate surface area is 102 Å². The lowest BCUT2D eigenvalue weighted by Crippen LogP contribution is -2.33. The lowest BCUT2D eigenvalue weighted by Gasteiger charge is -2.24. The minimum absolute atomic E-state index is 0.106. The molecule has 16 heavy (non-hydrogen) atoms.